The summed E-state index contributed by atoms with van der Waals surface area (Å²) in [5, 5.41) is 14.3. The van der Waals surface area contributed by atoms with Crippen LogP contribution in [-0.2, 0) is 4.79 Å². The summed E-state index contributed by atoms with van der Waals surface area (Å²) in [5.74, 6) is 0.588. The number of likely N-dealkylation sites (N-methyl/N-ethyl adjacent to an activating group) is 1. The van der Waals surface area contributed by atoms with Gasteiger partial charge in [-0.05, 0) is 38.4 Å². The minimum Gasteiger partial charge on any atom is -0.342 e. The molecule has 1 fully saturated rings. The summed E-state index contributed by atoms with van der Waals surface area (Å²) in [6.07, 6.45) is 2.46. The van der Waals surface area contributed by atoms with Crippen molar-refractivity contribution in [3.63, 3.8) is 0 Å². The molecule has 0 aromatic rings. The van der Waals surface area contributed by atoms with E-state index in [1.165, 1.54) is 12.8 Å². The maximum Gasteiger partial charge on any atom is 0.235 e. The Kier molecular flexibility index (Phi) is 6.60. The van der Waals surface area contributed by atoms with Crippen LogP contribution in [0.15, 0.2) is 0 Å². The molecule has 1 saturated heterocycles. The molecule has 0 saturated carbocycles. The topological polar surface area (TPSA) is 68.2 Å². The van der Waals surface area contributed by atoms with Crippen LogP contribution in [0.25, 0.3) is 0 Å². The second-order valence-electron chi connectivity index (χ2n) is 4.47. The predicted molar refractivity (Wildman–Crippen MR) is 66.3 cm³/mol. The van der Waals surface area contributed by atoms with Crippen LogP contribution in [0, 0.1) is 17.2 Å². The maximum atomic E-state index is 11.5. The first-order valence-corrected chi connectivity index (χ1v) is 6.33. The highest BCUT2D eigenvalue weighted by molar-refractivity contribution is 5.78. The first-order valence-electron chi connectivity index (χ1n) is 6.33. The first kappa shape index (κ1) is 13.9. The lowest BCUT2D eigenvalue weighted by atomic mass is 9.99. The van der Waals surface area contributed by atoms with Gasteiger partial charge in [-0.2, -0.15) is 5.26 Å². The van der Waals surface area contributed by atoms with E-state index in [4.69, 9.17) is 5.26 Å². The van der Waals surface area contributed by atoms with Crippen LogP contribution >= 0.6 is 0 Å². The van der Waals surface area contributed by atoms with Gasteiger partial charge in [0, 0.05) is 6.54 Å². The quantitative estimate of drug-likeness (QED) is 0.637. The van der Waals surface area contributed by atoms with Gasteiger partial charge in [-0.1, -0.05) is 6.92 Å². The molecule has 0 radical (unpaired) electrons. The summed E-state index contributed by atoms with van der Waals surface area (Å²) in [6.45, 7) is 6.56. The van der Waals surface area contributed by atoms with Gasteiger partial charge in [-0.25, -0.2) is 0 Å². The van der Waals surface area contributed by atoms with Crippen molar-refractivity contribution in [3.8, 4) is 6.07 Å². The Balaban J connectivity index is 2.27. The number of nitrogens with one attached hydrogen (secondary N) is 2. The summed E-state index contributed by atoms with van der Waals surface area (Å²) in [6, 6.07) is 1.91. The molecule has 0 aliphatic carbocycles. The van der Waals surface area contributed by atoms with Crippen molar-refractivity contribution < 1.29 is 4.79 Å². The summed E-state index contributed by atoms with van der Waals surface area (Å²) in [5.41, 5.74) is 0. The Hall–Kier alpha value is -1.12. The smallest absolute Gasteiger partial charge is 0.235 e. The van der Waals surface area contributed by atoms with Crippen molar-refractivity contribution in [2.24, 2.45) is 5.92 Å². The molecule has 1 amide bonds. The first-order chi connectivity index (χ1) is 8.26. The molecule has 17 heavy (non-hydrogen) atoms. The van der Waals surface area contributed by atoms with Crippen molar-refractivity contribution in [2.45, 2.75) is 19.8 Å². The second-order valence-corrected chi connectivity index (χ2v) is 4.47. The number of hydrogen-bond acceptors (Lipinski definition) is 4. The van der Waals surface area contributed by atoms with Gasteiger partial charge >= 0.3 is 0 Å². The van der Waals surface area contributed by atoms with E-state index in [-0.39, 0.29) is 12.5 Å². The van der Waals surface area contributed by atoms with E-state index in [9.17, 15) is 4.79 Å². The fourth-order valence-corrected chi connectivity index (χ4v) is 2.15. The number of carbonyl (C=O) groups is 1. The number of nitrogens with zero attached hydrogens (tertiary/aromatic N) is 2. The van der Waals surface area contributed by atoms with Crippen molar-refractivity contribution in [1.82, 2.24) is 15.5 Å². The van der Waals surface area contributed by atoms with Crippen LogP contribution in [0.3, 0.4) is 0 Å². The number of amides is 1. The third-order valence-corrected chi connectivity index (χ3v) is 3.09. The maximum absolute atomic E-state index is 11.5. The van der Waals surface area contributed by atoms with Gasteiger partial charge in [0.15, 0.2) is 0 Å². The van der Waals surface area contributed by atoms with Crippen LogP contribution in [-0.4, -0.2) is 50.1 Å². The molecule has 0 aromatic heterocycles. The van der Waals surface area contributed by atoms with Crippen molar-refractivity contribution in [3.05, 3.63) is 0 Å². The fraction of sp³-hybridized carbons (Fsp3) is 0.833. The Morgan fingerprint density at radius 3 is 3.06 bits per heavy atom. The highest BCUT2D eigenvalue weighted by Crippen LogP contribution is 2.11. The zero-order chi connectivity index (χ0) is 12.5. The van der Waals surface area contributed by atoms with Gasteiger partial charge in [-0.3, -0.25) is 9.69 Å². The molecular weight excluding hydrogens is 216 g/mol. The molecule has 1 aliphatic rings. The van der Waals surface area contributed by atoms with E-state index >= 15 is 0 Å². The SMILES string of the molecule is CCN(CC(=O)NCC#N)CC1CCCNC1. The summed E-state index contributed by atoms with van der Waals surface area (Å²) >= 11 is 0. The lowest BCUT2D eigenvalue weighted by Gasteiger charge is -2.28. The van der Waals surface area contributed by atoms with Crippen molar-refractivity contribution in [2.75, 3.05) is 39.3 Å². The van der Waals surface area contributed by atoms with Gasteiger partial charge in [-0.15, -0.1) is 0 Å². The Morgan fingerprint density at radius 2 is 2.47 bits per heavy atom. The number of rotatable bonds is 6. The molecule has 5 nitrogen and oxygen atoms in total. The fourth-order valence-electron chi connectivity index (χ4n) is 2.15. The number of carbonyl (C=O) groups excluding carboxylic acids is 1. The van der Waals surface area contributed by atoms with Gasteiger partial charge in [0.25, 0.3) is 0 Å². The van der Waals surface area contributed by atoms with Gasteiger partial charge in [0.1, 0.15) is 6.54 Å². The molecule has 0 bridgehead atoms. The zero-order valence-corrected chi connectivity index (χ0v) is 10.5. The average Bonchev–Trinajstić information content (AvgIpc) is 2.36. The third kappa shape index (κ3) is 5.66. The van der Waals surface area contributed by atoms with Gasteiger partial charge in [0.2, 0.25) is 5.91 Å². The largest absolute Gasteiger partial charge is 0.342 e. The molecule has 96 valence electrons. The Morgan fingerprint density at radius 1 is 1.65 bits per heavy atom. The van der Waals surface area contributed by atoms with E-state index in [1.54, 1.807) is 0 Å². The highest BCUT2D eigenvalue weighted by atomic mass is 16.2. The minimum atomic E-state index is -0.0582. The van der Waals surface area contributed by atoms with Crippen LogP contribution in [0.4, 0.5) is 0 Å². The Bertz CT molecular complexity index is 268. The molecular formula is C12H22N4O. The molecule has 0 aromatic carbocycles. The molecule has 1 atom stereocenters. The van der Waals surface area contributed by atoms with Gasteiger partial charge < -0.3 is 10.6 Å². The average molecular weight is 238 g/mol. The summed E-state index contributed by atoms with van der Waals surface area (Å²) in [7, 11) is 0. The highest BCUT2D eigenvalue weighted by Gasteiger charge is 2.17. The molecule has 1 unspecified atom stereocenters. The van der Waals surface area contributed by atoms with Crippen LogP contribution < -0.4 is 10.6 Å². The second kappa shape index (κ2) is 8.04. The Labute approximate surface area is 103 Å². The van der Waals surface area contributed by atoms with Crippen LogP contribution in [0.1, 0.15) is 19.8 Å². The predicted octanol–water partition coefficient (Wildman–Crippen LogP) is -0.0523. The number of hydrogen-bond donors (Lipinski definition) is 2. The molecule has 0 spiro atoms. The monoisotopic (exact) mass is 238 g/mol. The summed E-state index contributed by atoms with van der Waals surface area (Å²) in [4.78, 5) is 13.6. The van der Waals surface area contributed by atoms with Crippen LogP contribution in [0.2, 0.25) is 0 Å². The van der Waals surface area contributed by atoms with E-state index in [0.29, 0.717) is 12.5 Å². The molecule has 2 N–H and O–H groups in total. The molecule has 1 heterocycles. The standard InChI is InChI=1S/C12H22N4O/c1-2-16(10-12(17)15-7-5-13)9-11-4-3-6-14-8-11/h11,14H,2-4,6-10H2,1H3,(H,15,17). The van der Waals surface area contributed by atoms with E-state index < -0.39 is 0 Å². The summed E-state index contributed by atoms with van der Waals surface area (Å²) < 4.78 is 0. The number of nitriles is 1. The van der Waals surface area contributed by atoms with Crippen LogP contribution in [0.5, 0.6) is 0 Å². The molecule has 1 rings (SSSR count). The molecule has 5 heteroatoms. The van der Waals surface area contributed by atoms with E-state index in [2.05, 4.69) is 22.5 Å². The minimum absolute atomic E-state index is 0.0582. The normalized spacial score (nSPS) is 19.9. The number of piperidine rings is 1. The lowest BCUT2D eigenvalue weighted by molar-refractivity contribution is -0.122. The van der Waals surface area contributed by atoms with Crippen molar-refractivity contribution in [1.29, 1.82) is 5.26 Å². The van der Waals surface area contributed by atoms with Gasteiger partial charge in [0.05, 0.1) is 12.6 Å². The van der Waals surface area contributed by atoms with Crippen molar-refractivity contribution >= 4 is 5.91 Å². The lowest BCUT2D eigenvalue weighted by Crippen LogP contribution is -2.42. The third-order valence-electron chi connectivity index (χ3n) is 3.09. The van der Waals surface area contributed by atoms with E-state index in [1.807, 2.05) is 6.07 Å². The zero-order valence-electron chi connectivity index (χ0n) is 10.5. The van der Waals surface area contributed by atoms with E-state index in [0.717, 1.165) is 26.2 Å². The molecule has 1 aliphatic heterocycles.